The van der Waals surface area contributed by atoms with Crippen LogP contribution in [0.3, 0.4) is 0 Å². The molecule has 0 saturated carbocycles. The van der Waals surface area contributed by atoms with E-state index in [1.165, 1.54) is 0 Å². The van der Waals surface area contributed by atoms with E-state index in [0.29, 0.717) is 10.1 Å². The summed E-state index contributed by atoms with van der Waals surface area (Å²) in [5.74, 6) is 1.63. The Bertz CT molecular complexity index is 2090. The zero-order chi connectivity index (χ0) is 28.2. The second-order valence-corrected chi connectivity index (χ2v) is 11.3. The van der Waals surface area contributed by atoms with Gasteiger partial charge in [0.05, 0.1) is 22.8 Å². The van der Waals surface area contributed by atoms with Crippen molar-refractivity contribution in [3.05, 3.63) is 103 Å². The molecule has 0 N–H and O–H groups in total. The smallest absolute Gasteiger partial charge is 0.151 e. The number of hydrogen-bond donors (Lipinski definition) is 0. The number of benzene rings is 5. The predicted octanol–water partition coefficient (Wildman–Crippen LogP) is 9.67. The molecule has 1 aliphatic heterocycles. The minimum Gasteiger partial charge on any atom is -0.453 e. The molecule has 6 nitrogen and oxygen atoms in total. The number of para-hydroxylation sites is 4. The van der Waals surface area contributed by atoms with E-state index in [1.807, 2.05) is 48.5 Å². The lowest BCUT2D eigenvalue weighted by Crippen LogP contribution is -2.15. The van der Waals surface area contributed by atoms with Crippen molar-refractivity contribution in [2.45, 2.75) is 10.1 Å². The zero-order valence-electron chi connectivity index (χ0n) is 21.8. The molecule has 0 atom stereocenters. The van der Waals surface area contributed by atoms with Crippen molar-refractivity contribution in [1.29, 1.82) is 10.5 Å². The molecule has 0 fully saturated rings. The van der Waals surface area contributed by atoms with Crippen LogP contribution in [0.5, 0.6) is 11.5 Å². The van der Waals surface area contributed by atoms with Gasteiger partial charge in [-0.25, -0.2) is 9.97 Å². The van der Waals surface area contributed by atoms with Gasteiger partial charge in [0.2, 0.25) is 0 Å². The standard InChI is InChI=1S/C34H17N5OS2/c35-18-41-33-34(42-19-36)38-32-25-16-15-22(23-9-6-10-24(30(23)25)31(32)37-33)20-7-5-8-21(17-20)39-26-11-1-3-13-28(26)40-29-14-4-2-12-27(29)39/h1-17H. The van der Waals surface area contributed by atoms with Gasteiger partial charge < -0.3 is 9.64 Å². The van der Waals surface area contributed by atoms with E-state index in [4.69, 9.17) is 14.7 Å². The van der Waals surface area contributed by atoms with Crippen LogP contribution in [0.1, 0.15) is 0 Å². The monoisotopic (exact) mass is 575 g/mol. The first-order valence-electron chi connectivity index (χ1n) is 13.1. The van der Waals surface area contributed by atoms with Crippen molar-refractivity contribution in [3.8, 4) is 55.9 Å². The van der Waals surface area contributed by atoms with E-state index >= 15 is 0 Å². The number of ether oxygens (including phenoxy) is 1. The largest absolute Gasteiger partial charge is 0.453 e. The number of nitrogens with zero attached hydrogens (tertiary/aromatic N) is 5. The van der Waals surface area contributed by atoms with Gasteiger partial charge in [-0.3, -0.25) is 0 Å². The van der Waals surface area contributed by atoms with Crippen LogP contribution < -0.4 is 9.64 Å². The Morgan fingerprint density at radius 3 is 1.88 bits per heavy atom. The fourth-order valence-electron chi connectivity index (χ4n) is 5.85. The van der Waals surface area contributed by atoms with Gasteiger partial charge >= 0.3 is 0 Å². The highest BCUT2D eigenvalue weighted by atomic mass is 32.2. The third-order valence-electron chi connectivity index (χ3n) is 7.52. The average Bonchev–Trinajstić information content (AvgIpc) is 3.34. The maximum atomic E-state index is 9.32. The van der Waals surface area contributed by atoms with Gasteiger partial charge in [0.15, 0.2) is 11.5 Å². The SMILES string of the molecule is N#CSc1nc2c(nc1SC#N)-c1ccc(-c3cccc(N4c5ccccc5Oc5ccccc54)c3)c3cccc-2c13. The Balaban J connectivity index is 1.29. The quantitative estimate of drug-likeness (QED) is 0.151. The molecule has 0 bridgehead atoms. The summed E-state index contributed by atoms with van der Waals surface area (Å²) >= 11 is 1.86. The van der Waals surface area contributed by atoms with Gasteiger partial charge in [0.1, 0.15) is 20.9 Å². The van der Waals surface area contributed by atoms with E-state index in [0.717, 1.165) is 96.5 Å². The fourth-order valence-corrected chi connectivity index (χ4v) is 6.81. The number of hydrogen-bond acceptors (Lipinski definition) is 8. The van der Waals surface area contributed by atoms with Gasteiger partial charge in [-0.15, -0.1) is 0 Å². The molecule has 0 unspecified atom stereocenters. The molecule has 0 amide bonds. The summed E-state index contributed by atoms with van der Waals surface area (Å²) in [4.78, 5) is 11.9. The van der Waals surface area contributed by atoms with Gasteiger partial charge in [-0.05, 0) is 52.9 Å². The van der Waals surface area contributed by atoms with E-state index in [9.17, 15) is 10.5 Å². The van der Waals surface area contributed by atoms with Crippen molar-refractivity contribution in [1.82, 2.24) is 9.97 Å². The van der Waals surface area contributed by atoms with Crippen LogP contribution in [-0.4, -0.2) is 9.97 Å². The minimum absolute atomic E-state index is 0.451. The maximum Gasteiger partial charge on any atom is 0.151 e. The van der Waals surface area contributed by atoms with E-state index < -0.39 is 0 Å². The van der Waals surface area contributed by atoms with Crippen molar-refractivity contribution >= 4 is 51.4 Å². The molecule has 6 aromatic rings. The normalized spacial score (nSPS) is 12.1. The van der Waals surface area contributed by atoms with Gasteiger partial charge in [-0.1, -0.05) is 66.7 Å². The third kappa shape index (κ3) is 3.67. The predicted molar refractivity (Wildman–Crippen MR) is 167 cm³/mol. The topological polar surface area (TPSA) is 85.8 Å². The summed E-state index contributed by atoms with van der Waals surface area (Å²) < 4.78 is 6.22. The van der Waals surface area contributed by atoms with Crippen LogP contribution in [-0.2, 0) is 0 Å². The lowest BCUT2D eigenvalue weighted by Gasteiger charge is -2.33. The molecular formula is C34H17N5OS2. The number of anilines is 3. The highest BCUT2D eigenvalue weighted by Gasteiger charge is 2.29. The molecule has 2 aliphatic rings. The summed E-state index contributed by atoms with van der Waals surface area (Å²) in [6, 6.07) is 35.1. The summed E-state index contributed by atoms with van der Waals surface area (Å²) in [6.45, 7) is 0. The number of fused-ring (bicyclic) bond motifs is 5. The van der Waals surface area contributed by atoms with E-state index in [-0.39, 0.29) is 0 Å². The highest BCUT2D eigenvalue weighted by Crippen LogP contribution is 2.52. The molecule has 42 heavy (non-hydrogen) atoms. The molecule has 0 radical (unpaired) electrons. The number of thioether (sulfide) groups is 2. The maximum absolute atomic E-state index is 9.32. The molecule has 0 saturated heterocycles. The first-order chi connectivity index (χ1) is 20.7. The van der Waals surface area contributed by atoms with E-state index in [2.05, 4.69) is 70.3 Å². The lowest BCUT2D eigenvalue weighted by molar-refractivity contribution is 0.477. The van der Waals surface area contributed by atoms with Crippen molar-refractivity contribution < 1.29 is 4.74 Å². The molecule has 196 valence electrons. The molecule has 8 rings (SSSR count). The Morgan fingerprint density at radius 2 is 1.21 bits per heavy atom. The Hall–Kier alpha value is -5.28. The number of nitriles is 2. The second-order valence-electron chi connectivity index (χ2n) is 9.73. The van der Waals surface area contributed by atoms with Gasteiger partial charge in [-0.2, -0.15) is 10.5 Å². The van der Waals surface area contributed by atoms with Crippen LogP contribution in [0.2, 0.25) is 0 Å². The number of rotatable bonds is 4. The van der Waals surface area contributed by atoms with Crippen LogP contribution >= 0.6 is 23.5 Å². The molecule has 2 heterocycles. The van der Waals surface area contributed by atoms with Gasteiger partial charge in [0, 0.05) is 45.7 Å². The number of thiocyanates is 2. The van der Waals surface area contributed by atoms with Crippen molar-refractivity contribution in [3.63, 3.8) is 0 Å². The lowest BCUT2D eigenvalue weighted by atomic mass is 9.94. The summed E-state index contributed by atoms with van der Waals surface area (Å²) in [6.07, 6.45) is 0. The molecule has 5 aromatic carbocycles. The van der Waals surface area contributed by atoms with Gasteiger partial charge in [0.25, 0.3) is 0 Å². The van der Waals surface area contributed by atoms with Crippen LogP contribution in [0.4, 0.5) is 17.1 Å². The summed E-state index contributed by atoms with van der Waals surface area (Å²) in [7, 11) is 0. The molecule has 1 aromatic heterocycles. The van der Waals surface area contributed by atoms with Crippen LogP contribution in [0, 0.1) is 21.3 Å². The molecule has 0 spiro atoms. The molecule has 8 heteroatoms. The average molecular weight is 576 g/mol. The summed E-state index contributed by atoms with van der Waals surface area (Å²) in [5, 5.41) is 25.9. The fraction of sp³-hybridized carbons (Fsp3) is 0. The first kappa shape index (κ1) is 24.5. The minimum atomic E-state index is 0.451. The second kappa shape index (κ2) is 9.67. The Kier molecular flexibility index (Phi) is 5.65. The van der Waals surface area contributed by atoms with Crippen molar-refractivity contribution in [2.24, 2.45) is 0 Å². The van der Waals surface area contributed by atoms with Crippen LogP contribution in [0.25, 0.3) is 44.4 Å². The zero-order valence-corrected chi connectivity index (χ0v) is 23.4. The Labute approximate surface area is 249 Å². The molecular weight excluding hydrogens is 559 g/mol. The van der Waals surface area contributed by atoms with Crippen molar-refractivity contribution in [2.75, 3.05) is 4.90 Å². The third-order valence-corrected chi connectivity index (χ3v) is 8.78. The Morgan fingerprint density at radius 1 is 0.619 bits per heavy atom. The van der Waals surface area contributed by atoms with Crippen LogP contribution in [0.15, 0.2) is 113 Å². The molecule has 1 aliphatic carbocycles. The first-order valence-corrected chi connectivity index (χ1v) is 14.8. The van der Waals surface area contributed by atoms with E-state index in [1.54, 1.807) is 0 Å². The highest BCUT2D eigenvalue weighted by molar-refractivity contribution is 8.06. The summed E-state index contributed by atoms with van der Waals surface area (Å²) in [5.41, 5.74) is 8.61. The number of aromatic nitrogens is 2.